The number of nitrogens with zero attached hydrogens (tertiary/aromatic N) is 1. The molecule has 0 radical (unpaired) electrons. The van der Waals surface area contributed by atoms with Crippen LogP contribution in [0.5, 0.6) is 0 Å². The fourth-order valence-electron chi connectivity index (χ4n) is 1.76. The first-order valence-electron chi connectivity index (χ1n) is 5.62. The Morgan fingerprint density at radius 2 is 2.24 bits per heavy atom. The van der Waals surface area contributed by atoms with Gasteiger partial charge in [0.2, 0.25) is 0 Å². The third-order valence-electron chi connectivity index (χ3n) is 2.51. The molecule has 0 fully saturated rings. The molecule has 1 unspecified atom stereocenters. The van der Waals surface area contributed by atoms with Gasteiger partial charge in [0.15, 0.2) is 0 Å². The molecule has 4 heteroatoms. The molecule has 0 aliphatic heterocycles. The summed E-state index contributed by atoms with van der Waals surface area (Å²) in [6.45, 7) is 4.83. The van der Waals surface area contributed by atoms with E-state index in [9.17, 15) is 4.39 Å². The maximum atomic E-state index is 13.8. The van der Waals surface area contributed by atoms with Crippen molar-refractivity contribution in [2.75, 3.05) is 6.54 Å². The maximum Gasteiger partial charge on any atom is 0.146 e. The SMILES string of the molecule is CCNC(c1ccc(C)s1)c1ncccc1F. The van der Waals surface area contributed by atoms with Gasteiger partial charge in [-0.25, -0.2) is 4.39 Å². The molecule has 2 heterocycles. The lowest BCUT2D eigenvalue weighted by atomic mass is 10.1. The van der Waals surface area contributed by atoms with Crippen molar-refractivity contribution >= 4 is 11.3 Å². The number of thiophene rings is 1. The Bertz CT molecular complexity index is 496. The lowest BCUT2D eigenvalue weighted by molar-refractivity contribution is 0.547. The van der Waals surface area contributed by atoms with Crippen LogP contribution in [0.3, 0.4) is 0 Å². The highest BCUT2D eigenvalue weighted by atomic mass is 32.1. The predicted octanol–water partition coefficient (Wildman–Crippen LogP) is 3.29. The van der Waals surface area contributed by atoms with Crippen molar-refractivity contribution in [2.24, 2.45) is 0 Å². The highest BCUT2D eigenvalue weighted by Crippen LogP contribution is 2.28. The van der Waals surface area contributed by atoms with Crippen LogP contribution in [0.4, 0.5) is 4.39 Å². The highest BCUT2D eigenvalue weighted by Gasteiger charge is 2.19. The molecule has 90 valence electrons. The molecular weight excluding hydrogens is 235 g/mol. The Kier molecular flexibility index (Phi) is 3.86. The summed E-state index contributed by atoms with van der Waals surface area (Å²) in [7, 11) is 0. The molecule has 2 aromatic heterocycles. The molecule has 2 rings (SSSR count). The van der Waals surface area contributed by atoms with Gasteiger partial charge in [-0.15, -0.1) is 11.3 Å². The highest BCUT2D eigenvalue weighted by molar-refractivity contribution is 7.12. The van der Waals surface area contributed by atoms with Gasteiger partial charge in [0.05, 0.1) is 11.7 Å². The van der Waals surface area contributed by atoms with E-state index >= 15 is 0 Å². The Morgan fingerprint density at radius 1 is 1.41 bits per heavy atom. The molecule has 0 saturated heterocycles. The smallest absolute Gasteiger partial charge is 0.146 e. The zero-order chi connectivity index (χ0) is 12.3. The van der Waals surface area contributed by atoms with Gasteiger partial charge in [0.25, 0.3) is 0 Å². The van der Waals surface area contributed by atoms with Crippen molar-refractivity contribution < 1.29 is 4.39 Å². The fourth-order valence-corrected chi connectivity index (χ4v) is 2.71. The number of nitrogens with one attached hydrogen (secondary N) is 1. The van der Waals surface area contributed by atoms with Crippen molar-refractivity contribution in [3.8, 4) is 0 Å². The number of hydrogen-bond donors (Lipinski definition) is 1. The average Bonchev–Trinajstić information content (AvgIpc) is 2.74. The number of pyridine rings is 1. The van der Waals surface area contributed by atoms with Gasteiger partial charge in [0.1, 0.15) is 5.82 Å². The van der Waals surface area contributed by atoms with Crippen LogP contribution < -0.4 is 5.32 Å². The summed E-state index contributed by atoms with van der Waals surface area (Å²) in [6, 6.07) is 6.99. The number of aromatic nitrogens is 1. The number of aryl methyl sites for hydroxylation is 1. The first-order chi connectivity index (χ1) is 8.22. The summed E-state index contributed by atoms with van der Waals surface area (Å²) >= 11 is 1.67. The summed E-state index contributed by atoms with van der Waals surface area (Å²) in [4.78, 5) is 6.47. The number of halogens is 1. The molecule has 0 aliphatic rings. The van der Waals surface area contributed by atoms with Crippen LogP contribution >= 0.6 is 11.3 Å². The van der Waals surface area contributed by atoms with Gasteiger partial charge in [-0.05, 0) is 37.7 Å². The summed E-state index contributed by atoms with van der Waals surface area (Å²) in [5, 5.41) is 3.28. The quantitative estimate of drug-likeness (QED) is 0.900. The molecule has 2 aromatic rings. The van der Waals surface area contributed by atoms with Crippen LogP contribution in [-0.2, 0) is 0 Å². The zero-order valence-corrected chi connectivity index (χ0v) is 10.7. The molecule has 0 saturated carbocycles. The Balaban J connectivity index is 2.39. The predicted molar refractivity (Wildman–Crippen MR) is 68.8 cm³/mol. The van der Waals surface area contributed by atoms with E-state index in [0.29, 0.717) is 5.69 Å². The van der Waals surface area contributed by atoms with Crippen LogP contribution in [0, 0.1) is 12.7 Å². The largest absolute Gasteiger partial charge is 0.304 e. The second kappa shape index (κ2) is 5.38. The topological polar surface area (TPSA) is 24.9 Å². The molecule has 1 N–H and O–H groups in total. The van der Waals surface area contributed by atoms with Crippen molar-refractivity contribution in [3.63, 3.8) is 0 Å². The van der Waals surface area contributed by atoms with E-state index in [2.05, 4.69) is 10.3 Å². The average molecular weight is 250 g/mol. The van der Waals surface area contributed by atoms with Crippen LogP contribution in [0.25, 0.3) is 0 Å². The minimum Gasteiger partial charge on any atom is -0.304 e. The van der Waals surface area contributed by atoms with E-state index in [0.717, 1.165) is 11.4 Å². The fraction of sp³-hybridized carbons (Fsp3) is 0.308. The van der Waals surface area contributed by atoms with Gasteiger partial charge in [0, 0.05) is 16.0 Å². The summed E-state index contributed by atoms with van der Waals surface area (Å²) in [6.07, 6.45) is 1.63. The van der Waals surface area contributed by atoms with Crippen LogP contribution in [0.1, 0.15) is 28.4 Å². The minimum absolute atomic E-state index is 0.153. The van der Waals surface area contributed by atoms with Gasteiger partial charge in [-0.3, -0.25) is 4.98 Å². The normalized spacial score (nSPS) is 12.6. The van der Waals surface area contributed by atoms with Crippen molar-refractivity contribution in [3.05, 3.63) is 51.7 Å². The summed E-state index contributed by atoms with van der Waals surface area (Å²) in [5.41, 5.74) is 0.469. The summed E-state index contributed by atoms with van der Waals surface area (Å²) < 4.78 is 13.8. The van der Waals surface area contributed by atoms with Crippen molar-refractivity contribution in [2.45, 2.75) is 19.9 Å². The van der Waals surface area contributed by atoms with Crippen LogP contribution in [0.2, 0.25) is 0 Å². The molecule has 0 spiro atoms. The van der Waals surface area contributed by atoms with E-state index in [4.69, 9.17) is 0 Å². The summed E-state index contributed by atoms with van der Waals surface area (Å²) in [5.74, 6) is -0.260. The first kappa shape index (κ1) is 12.2. The van der Waals surface area contributed by atoms with E-state index in [1.54, 1.807) is 23.6 Å². The molecular formula is C13H15FN2S. The van der Waals surface area contributed by atoms with E-state index in [-0.39, 0.29) is 11.9 Å². The van der Waals surface area contributed by atoms with Gasteiger partial charge < -0.3 is 5.32 Å². The zero-order valence-electron chi connectivity index (χ0n) is 9.90. The maximum absolute atomic E-state index is 13.8. The van der Waals surface area contributed by atoms with Gasteiger partial charge >= 0.3 is 0 Å². The molecule has 0 amide bonds. The van der Waals surface area contributed by atoms with E-state index in [1.165, 1.54) is 10.9 Å². The van der Waals surface area contributed by atoms with Crippen LogP contribution in [-0.4, -0.2) is 11.5 Å². The molecule has 17 heavy (non-hydrogen) atoms. The van der Waals surface area contributed by atoms with Crippen molar-refractivity contribution in [1.29, 1.82) is 0 Å². The third-order valence-corrected chi connectivity index (χ3v) is 3.58. The van der Waals surface area contributed by atoms with Crippen LogP contribution in [0.15, 0.2) is 30.5 Å². The lowest BCUT2D eigenvalue weighted by Gasteiger charge is -2.16. The van der Waals surface area contributed by atoms with E-state index < -0.39 is 0 Å². The minimum atomic E-state index is -0.260. The number of hydrogen-bond acceptors (Lipinski definition) is 3. The lowest BCUT2D eigenvalue weighted by Crippen LogP contribution is -2.23. The Hall–Kier alpha value is -1.26. The van der Waals surface area contributed by atoms with Crippen molar-refractivity contribution in [1.82, 2.24) is 10.3 Å². The molecule has 0 aromatic carbocycles. The molecule has 2 nitrogen and oxygen atoms in total. The second-order valence-corrected chi connectivity index (χ2v) is 5.13. The standard InChI is InChI=1S/C13H15FN2S/c1-3-15-13(11-7-6-9(2)17-11)12-10(14)5-4-8-16-12/h4-8,13,15H,3H2,1-2H3. The monoisotopic (exact) mass is 250 g/mol. The third kappa shape index (κ3) is 2.70. The van der Waals surface area contributed by atoms with Gasteiger partial charge in [-0.2, -0.15) is 0 Å². The number of rotatable bonds is 4. The Labute approximate surface area is 105 Å². The first-order valence-corrected chi connectivity index (χ1v) is 6.44. The molecule has 0 aliphatic carbocycles. The van der Waals surface area contributed by atoms with Gasteiger partial charge in [-0.1, -0.05) is 6.92 Å². The molecule has 0 bridgehead atoms. The molecule has 1 atom stereocenters. The Morgan fingerprint density at radius 3 is 2.82 bits per heavy atom. The second-order valence-electron chi connectivity index (χ2n) is 3.81. The van der Waals surface area contributed by atoms with E-state index in [1.807, 2.05) is 26.0 Å².